The third-order valence-electron chi connectivity index (χ3n) is 8.60. The first-order chi connectivity index (χ1) is 17.8. The number of nitriles is 1. The van der Waals surface area contributed by atoms with E-state index in [0.717, 1.165) is 51.9 Å². The van der Waals surface area contributed by atoms with Crippen LogP contribution in [0.1, 0.15) is 48.8 Å². The van der Waals surface area contributed by atoms with Crippen molar-refractivity contribution in [1.29, 1.82) is 5.26 Å². The van der Waals surface area contributed by atoms with E-state index in [1.807, 2.05) is 6.07 Å². The Balaban J connectivity index is 1.33. The normalized spacial score (nSPS) is 22.6. The van der Waals surface area contributed by atoms with E-state index >= 15 is 0 Å². The summed E-state index contributed by atoms with van der Waals surface area (Å²) in [5.74, 6) is 1.14. The summed E-state index contributed by atoms with van der Waals surface area (Å²) in [6, 6.07) is 34.9. The minimum Gasteiger partial charge on any atom is -0.376 e. The van der Waals surface area contributed by atoms with Gasteiger partial charge in [0.2, 0.25) is 0 Å². The molecule has 0 bridgehead atoms. The van der Waals surface area contributed by atoms with Gasteiger partial charge in [0.15, 0.2) is 0 Å². The number of benzene rings is 3. The first-order valence-corrected chi connectivity index (χ1v) is 13.6. The Morgan fingerprint density at radius 1 is 0.778 bits per heavy atom. The van der Waals surface area contributed by atoms with E-state index in [4.69, 9.17) is 4.74 Å². The van der Waals surface area contributed by atoms with Crippen LogP contribution in [0.4, 0.5) is 0 Å². The third kappa shape index (κ3) is 5.41. The van der Waals surface area contributed by atoms with Crippen molar-refractivity contribution in [2.45, 2.75) is 50.7 Å². The molecule has 3 aromatic carbocycles. The molecule has 0 radical (unpaired) electrons. The molecule has 36 heavy (non-hydrogen) atoms. The Hall–Kier alpha value is -2.93. The fraction of sp³-hybridized carbons (Fsp3) is 0.424. The van der Waals surface area contributed by atoms with Gasteiger partial charge in [-0.2, -0.15) is 5.26 Å². The lowest BCUT2D eigenvalue weighted by Gasteiger charge is -2.46. The summed E-state index contributed by atoms with van der Waals surface area (Å²) in [6.45, 7) is 4.49. The van der Waals surface area contributed by atoms with Crippen molar-refractivity contribution in [1.82, 2.24) is 4.90 Å². The molecule has 1 aliphatic carbocycles. The van der Waals surface area contributed by atoms with E-state index in [-0.39, 0.29) is 0 Å². The molecule has 0 N–H and O–H groups in total. The highest BCUT2D eigenvalue weighted by Gasteiger charge is 2.51. The summed E-state index contributed by atoms with van der Waals surface area (Å²) in [5.41, 5.74) is 3.36. The van der Waals surface area contributed by atoms with Crippen LogP contribution >= 0.6 is 0 Å². The second kappa shape index (κ2) is 11.9. The molecule has 2 fully saturated rings. The van der Waals surface area contributed by atoms with Crippen LogP contribution in [0, 0.1) is 29.1 Å². The standard InChI is InChI=1S/C33H38N2O/c34-26-33(30-16-8-3-9-17-30,31-19-21-35(22-20-31)23-27-11-4-1-5-12-27)32-18-10-15-29(32)25-36-24-28-13-6-2-7-14-28/h1-9,11-14,16-17,29,31-32H,10,15,18-25H2. The maximum absolute atomic E-state index is 11.0. The van der Waals surface area contributed by atoms with Gasteiger partial charge in [0.25, 0.3) is 0 Å². The van der Waals surface area contributed by atoms with Crippen molar-refractivity contribution in [2.75, 3.05) is 19.7 Å². The lowest BCUT2D eigenvalue weighted by molar-refractivity contribution is 0.0419. The second-order valence-corrected chi connectivity index (χ2v) is 10.7. The van der Waals surface area contributed by atoms with Gasteiger partial charge in [-0.25, -0.2) is 0 Å². The van der Waals surface area contributed by atoms with Crippen molar-refractivity contribution in [2.24, 2.45) is 17.8 Å². The van der Waals surface area contributed by atoms with Crippen molar-refractivity contribution in [3.05, 3.63) is 108 Å². The van der Waals surface area contributed by atoms with Crippen LogP contribution in [0.2, 0.25) is 0 Å². The summed E-state index contributed by atoms with van der Waals surface area (Å²) in [7, 11) is 0. The molecule has 0 spiro atoms. The molecule has 1 aliphatic heterocycles. The Kier molecular flexibility index (Phi) is 8.16. The van der Waals surface area contributed by atoms with E-state index in [1.165, 1.54) is 23.1 Å². The highest BCUT2D eigenvalue weighted by atomic mass is 16.5. The average Bonchev–Trinajstić information content (AvgIpc) is 3.41. The minimum absolute atomic E-state index is 0.339. The first-order valence-electron chi connectivity index (χ1n) is 13.6. The van der Waals surface area contributed by atoms with Crippen LogP contribution in [0.25, 0.3) is 0 Å². The van der Waals surface area contributed by atoms with Gasteiger partial charge in [-0.05, 0) is 73.2 Å². The summed E-state index contributed by atoms with van der Waals surface area (Å²) in [5, 5.41) is 11.0. The van der Waals surface area contributed by atoms with E-state index in [1.54, 1.807) is 0 Å². The number of likely N-dealkylation sites (tertiary alicyclic amines) is 1. The number of piperidine rings is 1. The molecule has 0 amide bonds. The van der Waals surface area contributed by atoms with Crippen LogP contribution in [0.3, 0.4) is 0 Å². The molecule has 2 aliphatic rings. The van der Waals surface area contributed by atoms with E-state index in [0.29, 0.717) is 24.4 Å². The predicted octanol–water partition coefficient (Wildman–Crippen LogP) is 6.99. The highest BCUT2D eigenvalue weighted by molar-refractivity contribution is 5.36. The van der Waals surface area contributed by atoms with Gasteiger partial charge in [0, 0.05) is 6.54 Å². The molecule has 3 nitrogen and oxygen atoms in total. The van der Waals surface area contributed by atoms with Gasteiger partial charge in [0.1, 0.15) is 0 Å². The van der Waals surface area contributed by atoms with Crippen LogP contribution < -0.4 is 0 Å². The Morgan fingerprint density at radius 2 is 1.39 bits per heavy atom. The molecular formula is C33H38N2O. The highest BCUT2D eigenvalue weighted by Crippen LogP contribution is 2.52. The maximum Gasteiger partial charge on any atom is 0.0882 e. The van der Waals surface area contributed by atoms with Crippen molar-refractivity contribution in [3.63, 3.8) is 0 Å². The van der Waals surface area contributed by atoms with Crippen LogP contribution in [-0.2, 0) is 23.3 Å². The average molecular weight is 479 g/mol. The van der Waals surface area contributed by atoms with Gasteiger partial charge in [0.05, 0.1) is 24.7 Å². The predicted molar refractivity (Wildman–Crippen MR) is 145 cm³/mol. The van der Waals surface area contributed by atoms with Crippen LogP contribution in [0.5, 0.6) is 0 Å². The molecule has 1 heterocycles. The molecule has 0 aromatic heterocycles. The Morgan fingerprint density at radius 3 is 2.03 bits per heavy atom. The maximum atomic E-state index is 11.0. The molecule has 5 rings (SSSR count). The minimum atomic E-state index is -0.447. The monoisotopic (exact) mass is 478 g/mol. The van der Waals surface area contributed by atoms with Crippen molar-refractivity contribution in [3.8, 4) is 6.07 Å². The largest absolute Gasteiger partial charge is 0.376 e. The fourth-order valence-electron chi connectivity index (χ4n) is 6.83. The lowest BCUT2D eigenvalue weighted by atomic mass is 9.58. The topological polar surface area (TPSA) is 36.3 Å². The van der Waals surface area contributed by atoms with Gasteiger partial charge in [-0.15, -0.1) is 0 Å². The molecule has 3 atom stereocenters. The zero-order valence-electron chi connectivity index (χ0n) is 21.3. The Labute approximate surface area is 216 Å². The van der Waals surface area contributed by atoms with E-state index < -0.39 is 5.41 Å². The zero-order chi connectivity index (χ0) is 24.6. The molecular weight excluding hydrogens is 440 g/mol. The molecule has 3 unspecified atom stereocenters. The summed E-state index contributed by atoms with van der Waals surface area (Å²) in [6.07, 6.45) is 5.61. The SMILES string of the molecule is N#CC(c1ccccc1)(C1CCN(Cc2ccccc2)CC1)C1CCCC1COCc1ccccc1. The van der Waals surface area contributed by atoms with Gasteiger partial charge in [-0.3, -0.25) is 4.90 Å². The number of rotatable bonds is 9. The van der Waals surface area contributed by atoms with E-state index in [9.17, 15) is 5.26 Å². The molecule has 3 aromatic rings. The molecule has 3 heteroatoms. The zero-order valence-corrected chi connectivity index (χ0v) is 21.3. The smallest absolute Gasteiger partial charge is 0.0882 e. The first kappa shape index (κ1) is 24.8. The number of ether oxygens (including phenoxy) is 1. The second-order valence-electron chi connectivity index (χ2n) is 10.7. The molecule has 1 saturated heterocycles. The van der Waals surface area contributed by atoms with Crippen LogP contribution in [0.15, 0.2) is 91.0 Å². The molecule has 186 valence electrons. The number of hydrogen-bond donors (Lipinski definition) is 0. The van der Waals surface area contributed by atoms with Gasteiger partial charge >= 0.3 is 0 Å². The van der Waals surface area contributed by atoms with Gasteiger partial charge < -0.3 is 4.74 Å². The van der Waals surface area contributed by atoms with Gasteiger partial charge in [-0.1, -0.05) is 97.4 Å². The lowest BCUT2D eigenvalue weighted by Crippen LogP contribution is -2.48. The quantitative estimate of drug-likeness (QED) is 0.332. The number of hydrogen-bond acceptors (Lipinski definition) is 3. The Bertz CT molecular complexity index is 1100. The third-order valence-corrected chi connectivity index (χ3v) is 8.60. The summed E-state index contributed by atoms with van der Waals surface area (Å²) < 4.78 is 6.26. The number of nitrogens with zero attached hydrogens (tertiary/aromatic N) is 2. The van der Waals surface area contributed by atoms with Crippen LogP contribution in [-0.4, -0.2) is 24.6 Å². The van der Waals surface area contributed by atoms with Crippen molar-refractivity contribution < 1.29 is 4.74 Å². The summed E-state index contributed by atoms with van der Waals surface area (Å²) >= 11 is 0. The summed E-state index contributed by atoms with van der Waals surface area (Å²) in [4.78, 5) is 2.56. The molecule has 1 saturated carbocycles. The van der Waals surface area contributed by atoms with E-state index in [2.05, 4.69) is 95.9 Å². The van der Waals surface area contributed by atoms with Crippen molar-refractivity contribution >= 4 is 0 Å². The fourth-order valence-corrected chi connectivity index (χ4v) is 6.83.